The molecule has 0 aliphatic carbocycles. The Morgan fingerprint density at radius 3 is 2.62 bits per heavy atom. The minimum Gasteiger partial charge on any atom is -0.477 e. The first-order valence-electron chi connectivity index (χ1n) is 8.05. The molecule has 1 saturated heterocycles. The quantitative estimate of drug-likeness (QED) is 0.487. The van der Waals surface area contributed by atoms with Crippen LogP contribution in [-0.4, -0.2) is 56.7 Å². The van der Waals surface area contributed by atoms with Gasteiger partial charge in [-0.3, -0.25) is 14.5 Å². The maximum atomic E-state index is 12.4. The lowest BCUT2D eigenvalue weighted by molar-refractivity contribution is -0.150. The standard InChI is InChI=1S/C17H19N3O5S/c18-6-10-4-2-1-3-9(10)5-12(22)19-13-15(23)20-14(17(24)25)11(7-21)8-26-16(13)20/h1-4,13,16,21H,5-8,18H2,(H,19,22)(H,24,25)/t13-,16+/m0/s1. The molecule has 1 aromatic carbocycles. The van der Waals surface area contributed by atoms with E-state index in [4.69, 9.17) is 5.73 Å². The summed E-state index contributed by atoms with van der Waals surface area (Å²) in [6, 6.07) is 6.54. The number of thioether (sulfide) groups is 1. The molecule has 5 N–H and O–H groups in total. The van der Waals surface area contributed by atoms with Crippen molar-refractivity contribution in [2.75, 3.05) is 12.4 Å². The number of carbonyl (C=O) groups is 3. The van der Waals surface area contributed by atoms with Crippen molar-refractivity contribution in [2.45, 2.75) is 24.4 Å². The van der Waals surface area contributed by atoms with Crippen LogP contribution in [0.25, 0.3) is 0 Å². The number of β-lactam (4-membered cyclic amide) rings is 1. The van der Waals surface area contributed by atoms with Gasteiger partial charge in [-0.1, -0.05) is 24.3 Å². The van der Waals surface area contributed by atoms with E-state index in [2.05, 4.69) is 5.32 Å². The zero-order chi connectivity index (χ0) is 18.8. The third-order valence-electron chi connectivity index (χ3n) is 4.45. The number of fused-ring (bicyclic) bond motifs is 1. The van der Waals surface area contributed by atoms with E-state index in [1.807, 2.05) is 24.3 Å². The Balaban J connectivity index is 1.70. The number of nitrogens with zero attached hydrogens (tertiary/aromatic N) is 1. The van der Waals surface area contributed by atoms with E-state index in [1.54, 1.807) is 0 Å². The van der Waals surface area contributed by atoms with E-state index < -0.39 is 29.9 Å². The molecule has 138 valence electrons. The first-order valence-corrected chi connectivity index (χ1v) is 9.09. The fourth-order valence-corrected chi connectivity index (χ4v) is 4.47. The molecule has 1 aromatic rings. The number of carbonyl (C=O) groups excluding carboxylic acids is 2. The van der Waals surface area contributed by atoms with Gasteiger partial charge in [-0.15, -0.1) is 11.8 Å². The molecule has 0 spiro atoms. The predicted molar refractivity (Wildman–Crippen MR) is 94.8 cm³/mol. The van der Waals surface area contributed by atoms with E-state index in [-0.39, 0.29) is 18.0 Å². The van der Waals surface area contributed by atoms with Crippen LogP contribution < -0.4 is 11.1 Å². The first kappa shape index (κ1) is 18.4. The summed E-state index contributed by atoms with van der Waals surface area (Å²) in [5.41, 5.74) is 7.44. The molecule has 9 heteroatoms. The number of nitrogens with one attached hydrogen (secondary N) is 1. The Hall–Kier alpha value is -2.36. The van der Waals surface area contributed by atoms with Crippen molar-refractivity contribution in [1.29, 1.82) is 0 Å². The molecule has 0 saturated carbocycles. The van der Waals surface area contributed by atoms with Gasteiger partial charge in [-0.05, 0) is 16.7 Å². The fraction of sp³-hybridized carbons (Fsp3) is 0.353. The van der Waals surface area contributed by atoms with Gasteiger partial charge in [0.1, 0.15) is 17.1 Å². The van der Waals surface area contributed by atoms with Gasteiger partial charge in [0.05, 0.1) is 13.0 Å². The second-order valence-electron chi connectivity index (χ2n) is 6.02. The SMILES string of the molecule is NCc1ccccc1CC(=O)N[C@H]1C(=O)N2C(C(=O)O)=C(CO)CS[C@H]12. The molecule has 2 atom stereocenters. The molecule has 2 amide bonds. The van der Waals surface area contributed by atoms with Crippen molar-refractivity contribution in [3.05, 3.63) is 46.7 Å². The van der Waals surface area contributed by atoms with Crippen LogP contribution >= 0.6 is 11.8 Å². The van der Waals surface area contributed by atoms with Crippen molar-refractivity contribution >= 4 is 29.5 Å². The van der Waals surface area contributed by atoms with Crippen molar-refractivity contribution in [2.24, 2.45) is 5.73 Å². The number of benzene rings is 1. The largest absolute Gasteiger partial charge is 0.477 e. The number of carboxylic acid groups (broad SMARTS) is 1. The van der Waals surface area contributed by atoms with Gasteiger partial charge in [0, 0.05) is 12.3 Å². The summed E-state index contributed by atoms with van der Waals surface area (Å²) < 4.78 is 0. The monoisotopic (exact) mass is 377 g/mol. The second-order valence-corrected chi connectivity index (χ2v) is 7.13. The van der Waals surface area contributed by atoms with Crippen molar-refractivity contribution < 1.29 is 24.6 Å². The maximum Gasteiger partial charge on any atom is 0.352 e. The smallest absolute Gasteiger partial charge is 0.352 e. The highest BCUT2D eigenvalue weighted by Crippen LogP contribution is 2.40. The normalized spacial score (nSPS) is 21.9. The summed E-state index contributed by atoms with van der Waals surface area (Å²) in [4.78, 5) is 37.3. The van der Waals surface area contributed by atoms with Crippen LogP contribution in [0, 0.1) is 0 Å². The number of aliphatic carboxylic acids is 1. The molecular formula is C17H19N3O5S. The molecule has 3 rings (SSSR count). The van der Waals surface area contributed by atoms with Crippen LogP contribution in [0.1, 0.15) is 11.1 Å². The minimum atomic E-state index is -1.26. The molecule has 2 heterocycles. The van der Waals surface area contributed by atoms with Gasteiger partial charge in [0.15, 0.2) is 0 Å². The van der Waals surface area contributed by atoms with Gasteiger partial charge < -0.3 is 21.3 Å². The summed E-state index contributed by atoms with van der Waals surface area (Å²) >= 11 is 1.32. The number of aliphatic hydroxyl groups is 1. The van der Waals surface area contributed by atoms with Crippen LogP contribution in [0.4, 0.5) is 0 Å². The average Bonchev–Trinajstić information content (AvgIpc) is 2.65. The van der Waals surface area contributed by atoms with Gasteiger partial charge in [0.25, 0.3) is 5.91 Å². The molecule has 0 radical (unpaired) electrons. The Morgan fingerprint density at radius 1 is 1.31 bits per heavy atom. The lowest BCUT2D eigenvalue weighted by Gasteiger charge is -2.49. The number of carboxylic acids is 1. The second kappa shape index (κ2) is 7.48. The van der Waals surface area contributed by atoms with Gasteiger partial charge in [-0.25, -0.2) is 4.79 Å². The Labute approximate surface area is 154 Å². The number of amides is 2. The average molecular weight is 377 g/mol. The molecule has 0 bridgehead atoms. The van der Waals surface area contributed by atoms with Crippen molar-refractivity contribution in [1.82, 2.24) is 10.2 Å². The van der Waals surface area contributed by atoms with Gasteiger partial charge in [-0.2, -0.15) is 0 Å². The van der Waals surface area contributed by atoms with Crippen LogP contribution in [0.3, 0.4) is 0 Å². The van der Waals surface area contributed by atoms with Gasteiger partial charge >= 0.3 is 5.97 Å². The summed E-state index contributed by atoms with van der Waals surface area (Å²) in [5.74, 6) is -1.76. The lowest BCUT2D eigenvalue weighted by atomic mass is 10.0. The molecular weight excluding hydrogens is 358 g/mol. The number of rotatable bonds is 6. The molecule has 26 heavy (non-hydrogen) atoms. The summed E-state index contributed by atoms with van der Waals surface area (Å²) in [6.07, 6.45) is 0.0953. The molecule has 8 nitrogen and oxygen atoms in total. The maximum absolute atomic E-state index is 12.4. The zero-order valence-electron chi connectivity index (χ0n) is 13.8. The summed E-state index contributed by atoms with van der Waals surface area (Å²) in [6.45, 7) is -0.104. The minimum absolute atomic E-state index is 0.0953. The zero-order valence-corrected chi connectivity index (χ0v) is 14.7. The third-order valence-corrected chi connectivity index (χ3v) is 5.79. The van der Waals surface area contributed by atoms with E-state index in [1.165, 1.54) is 11.8 Å². The molecule has 0 aromatic heterocycles. The van der Waals surface area contributed by atoms with Crippen LogP contribution in [0.5, 0.6) is 0 Å². The number of hydrogen-bond acceptors (Lipinski definition) is 6. The number of nitrogens with two attached hydrogens (primary N) is 1. The van der Waals surface area contributed by atoms with Crippen molar-refractivity contribution in [3.8, 4) is 0 Å². The predicted octanol–water partition coefficient (Wildman–Crippen LogP) is -0.581. The van der Waals surface area contributed by atoms with Crippen LogP contribution in [-0.2, 0) is 27.3 Å². The molecule has 2 aliphatic heterocycles. The summed E-state index contributed by atoms with van der Waals surface area (Å²) in [7, 11) is 0. The molecule has 1 fully saturated rings. The van der Waals surface area contributed by atoms with E-state index in [0.717, 1.165) is 16.0 Å². The lowest BCUT2D eigenvalue weighted by Crippen LogP contribution is -2.70. The van der Waals surface area contributed by atoms with Crippen LogP contribution in [0.2, 0.25) is 0 Å². The first-order chi connectivity index (χ1) is 12.5. The summed E-state index contributed by atoms with van der Waals surface area (Å²) in [5, 5.41) is 20.8. The van der Waals surface area contributed by atoms with E-state index >= 15 is 0 Å². The third kappa shape index (κ3) is 3.20. The Bertz CT molecular complexity index is 794. The Kier molecular flexibility index (Phi) is 5.30. The van der Waals surface area contributed by atoms with Gasteiger partial charge in [0.2, 0.25) is 5.91 Å². The number of hydrogen-bond donors (Lipinski definition) is 4. The van der Waals surface area contributed by atoms with Crippen LogP contribution in [0.15, 0.2) is 35.5 Å². The Morgan fingerprint density at radius 2 is 2.00 bits per heavy atom. The molecule has 2 aliphatic rings. The van der Waals surface area contributed by atoms with Crippen molar-refractivity contribution in [3.63, 3.8) is 0 Å². The molecule has 0 unspecified atom stereocenters. The highest BCUT2D eigenvalue weighted by atomic mass is 32.2. The highest BCUT2D eigenvalue weighted by Gasteiger charge is 2.54. The van der Waals surface area contributed by atoms with E-state index in [0.29, 0.717) is 17.9 Å². The number of aliphatic hydroxyl groups excluding tert-OH is 1. The highest BCUT2D eigenvalue weighted by molar-refractivity contribution is 8.00. The topological polar surface area (TPSA) is 133 Å². The fourth-order valence-electron chi connectivity index (χ4n) is 3.13. The van der Waals surface area contributed by atoms with E-state index in [9.17, 15) is 24.6 Å².